The molecule has 1 atom stereocenters. The molecule has 0 bridgehead atoms. The van der Waals surface area contributed by atoms with Crippen LogP contribution >= 0.6 is 0 Å². The third-order valence-corrected chi connectivity index (χ3v) is 8.07. The van der Waals surface area contributed by atoms with Gasteiger partial charge in [0, 0.05) is 72.9 Å². The number of carboxylic acids is 1. The van der Waals surface area contributed by atoms with Crippen molar-refractivity contribution >= 4 is 28.5 Å². The summed E-state index contributed by atoms with van der Waals surface area (Å²) in [5.41, 5.74) is 5.44. The summed E-state index contributed by atoms with van der Waals surface area (Å²) in [5.74, 6) is -0.571. The number of pyridine rings is 1. The number of rotatable bonds is 6. The Morgan fingerprint density at radius 2 is 1.77 bits per heavy atom. The third-order valence-electron chi connectivity index (χ3n) is 8.07. The van der Waals surface area contributed by atoms with Crippen molar-refractivity contribution in [1.82, 2.24) is 14.5 Å². The second-order valence-corrected chi connectivity index (χ2v) is 10.7. The molecule has 1 aromatic carbocycles. The normalized spacial score (nSPS) is 19.7. The zero-order valence-corrected chi connectivity index (χ0v) is 23.4. The minimum absolute atomic E-state index is 0.0559. The number of benzene rings is 1. The molecule has 4 heterocycles. The Balaban J connectivity index is 1.52. The molecule has 1 amide bonds. The van der Waals surface area contributed by atoms with Gasteiger partial charge in [0.1, 0.15) is 0 Å². The Morgan fingerprint density at radius 1 is 1.02 bits per heavy atom. The van der Waals surface area contributed by atoms with Crippen LogP contribution in [0.2, 0.25) is 0 Å². The van der Waals surface area contributed by atoms with E-state index in [9.17, 15) is 14.7 Å². The van der Waals surface area contributed by atoms with E-state index in [0.29, 0.717) is 32.0 Å². The maximum atomic E-state index is 14.0. The van der Waals surface area contributed by atoms with Crippen LogP contribution in [-0.4, -0.2) is 57.6 Å². The van der Waals surface area contributed by atoms with Crippen LogP contribution in [0, 0.1) is 0 Å². The van der Waals surface area contributed by atoms with Gasteiger partial charge in [-0.15, -0.1) is 0 Å². The first-order chi connectivity index (χ1) is 19.5. The van der Waals surface area contributed by atoms with E-state index in [1.165, 1.54) is 5.56 Å². The first-order valence-electron chi connectivity index (χ1n) is 14.3. The number of hydrogen-bond donors (Lipinski definition) is 1. The van der Waals surface area contributed by atoms with E-state index in [-0.39, 0.29) is 11.5 Å². The second-order valence-electron chi connectivity index (χ2n) is 10.7. The number of amides is 1. The van der Waals surface area contributed by atoms with Crippen molar-refractivity contribution in [2.45, 2.75) is 52.0 Å². The van der Waals surface area contributed by atoms with Gasteiger partial charge in [0.25, 0.3) is 5.91 Å². The largest absolute Gasteiger partial charge is 0.478 e. The molecule has 1 saturated heterocycles. The van der Waals surface area contributed by atoms with E-state index >= 15 is 0 Å². The van der Waals surface area contributed by atoms with Crippen LogP contribution < -0.4 is 4.90 Å². The molecule has 2 aliphatic rings. The highest BCUT2D eigenvalue weighted by Crippen LogP contribution is 2.36. The summed E-state index contributed by atoms with van der Waals surface area (Å²) >= 11 is 0. The van der Waals surface area contributed by atoms with Crippen molar-refractivity contribution in [3.05, 3.63) is 95.5 Å². The zero-order chi connectivity index (χ0) is 28.1. The number of carboxylic acid groups (broad SMARTS) is 1. The van der Waals surface area contributed by atoms with E-state index in [0.717, 1.165) is 60.2 Å². The van der Waals surface area contributed by atoms with E-state index in [4.69, 9.17) is 0 Å². The van der Waals surface area contributed by atoms with Gasteiger partial charge in [0.15, 0.2) is 0 Å². The van der Waals surface area contributed by atoms with Crippen LogP contribution in [0.3, 0.4) is 0 Å². The average molecular weight is 539 g/mol. The average Bonchev–Trinajstić information content (AvgIpc) is 3.25. The lowest BCUT2D eigenvalue weighted by molar-refractivity contribution is -0.127. The van der Waals surface area contributed by atoms with Crippen molar-refractivity contribution in [2.24, 2.45) is 0 Å². The topological polar surface area (TPSA) is 78.7 Å². The van der Waals surface area contributed by atoms with E-state index < -0.39 is 5.97 Å². The Morgan fingerprint density at radius 3 is 2.50 bits per heavy atom. The highest BCUT2D eigenvalue weighted by Gasteiger charge is 2.27. The Hall–Kier alpha value is -4.13. The van der Waals surface area contributed by atoms with Crippen LogP contribution in [0.4, 0.5) is 5.69 Å². The zero-order valence-electron chi connectivity index (χ0n) is 23.4. The molecule has 208 valence electrons. The maximum absolute atomic E-state index is 14.0. The Kier molecular flexibility index (Phi) is 8.48. The number of aromatic nitrogens is 2. The fourth-order valence-corrected chi connectivity index (χ4v) is 6.03. The van der Waals surface area contributed by atoms with Crippen molar-refractivity contribution in [1.29, 1.82) is 0 Å². The van der Waals surface area contributed by atoms with Gasteiger partial charge in [-0.05, 0) is 48.6 Å². The lowest BCUT2D eigenvalue weighted by Crippen LogP contribution is -2.49. The maximum Gasteiger partial charge on any atom is 0.335 e. The number of carbonyl (C=O) groups is 2. The Bertz CT molecular complexity index is 1460. The van der Waals surface area contributed by atoms with Crippen molar-refractivity contribution in [3.8, 4) is 0 Å². The van der Waals surface area contributed by atoms with Crippen molar-refractivity contribution < 1.29 is 14.7 Å². The number of piperazine rings is 1. The summed E-state index contributed by atoms with van der Waals surface area (Å²) in [6.07, 6.45) is 17.5. The van der Waals surface area contributed by atoms with Crippen molar-refractivity contribution in [3.63, 3.8) is 0 Å². The minimum atomic E-state index is -0.944. The highest BCUT2D eigenvalue weighted by molar-refractivity contribution is 5.97. The summed E-state index contributed by atoms with van der Waals surface area (Å²) in [7, 11) is 0. The van der Waals surface area contributed by atoms with Gasteiger partial charge >= 0.3 is 5.97 Å². The van der Waals surface area contributed by atoms with Crippen LogP contribution in [0.25, 0.3) is 10.9 Å². The number of aromatic carboxylic acids is 1. The number of hydrogen-bond acceptors (Lipinski definition) is 4. The molecular formula is C33H38N4O3. The molecule has 3 aromatic rings. The molecular weight excluding hydrogens is 500 g/mol. The smallest absolute Gasteiger partial charge is 0.335 e. The lowest BCUT2D eigenvalue weighted by Gasteiger charge is -2.36. The standard InChI is InChI=1S/C33H38N4O3/c1-3-9-24(2)31-28-13-12-25(33(39)40)22-30(28)37-23-26(10-7-5-4-6-8-11-29(31)37)32(38)36-20-18-35(19-21-36)27-14-16-34-17-15-27/h4-6,8,10,12-17,22,24H,3,7,9,11,18-21,23H2,1-2H3,(H,39,40)/b5-4-,8-6-,26-10+. The lowest BCUT2D eigenvalue weighted by atomic mass is 9.92. The van der Waals surface area contributed by atoms with E-state index in [1.807, 2.05) is 35.3 Å². The summed E-state index contributed by atoms with van der Waals surface area (Å²) < 4.78 is 2.20. The molecule has 7 nitrogen and oxygen atoms in total. The first-order valence-corrected chi connectivity index (χ1v) is 14.3. The van der Waals surface area contributed by atoms with E-state index in [1.54, 1.807) is 24.5 Å². The van der Waals surface area contributed by atoms with Gasteiger partial charge in [-0.2, -0.15) is 0 Å². The van der Waals surface area contributed by atoms with Crippen LogP contribution in [0.5, 0.6) is 0 Å². The van der Waals surface area contributed by atoms with Gasteiger partial charge in [-0.1, -0.05) is 56.7 Å². The molecule has 1 fully saturated rings. The van der Waals surface area contributed by atoms with Crippen molar-refractivity contribution in [2.75, 3.05) is 31.1 Å². The number of nitrogens with zero attached hydrogens (tertiary/aromatic N) is 4. The van der Waals surface area contributed by atoms with Gasteiger partial charge in [-0.25, -0.2) is 4.79 Å². The third kappa shape index (κ3) is 5.74. The van der Waals surface area contributed by atoms with Crippen LogP contribution in [0.1, 0.15) is 60.6 Å². The quantitative estimate of drug-likeness (QED) is 0.418. The fraction of sp³-hybridized carbons (Fsp3) is 0.364. The highest BCUT2D eigenvalue weighted by atomic mass is 16.4. The summed E-state index contributed by atoms with van der Waals surface area (Å²) in [5, 5.41) is 10.9. The molecule has 0 aliphatic carbocycles. The molecule has 1 N–H and O–H groups in total. The molecule has 0 spiro atoms. The number of fused-ring (bicyclic) bond motifs is 3. The van der Waals surface area contributed by atoms with Crippen LogP contribution in [0.15, 0.2) is 78.7 Å². The minimum Gasteiger partial charge on any atom is -0.478 e. The van der Waals surface area contributed by atoms with Gasteiger partial charge < -0.3 is 19.5 Å². The van der Waals surface area contributed by atoms with Gasteiger partial charge in [0.05, 0.1) is 12.1 Å². The first kappa shape index (κ1) is 27.4. The molecule has 40 heavy (non-hydrogen) atoms. The fourth-order valence-electron chi connectivity index (χ4n) is 6.03. The van der Waals surface area contributed by atoms with E-state index in [2.05, 4.69) is 46.5 Å². The second kappa shape index (κ2) is 12.4. The predicted molar refractivity (Wildman–Crippen MR) is 160 cm³/mol. The Labute approximate surface area is 236 Å². The molecule has 2 aromatic heterocycles. The monoisotopic (exact) mass is 538 g/mol. The number of carbonyl (C=O) groups excluding carboxylic acids is 1. The van der Waals surface area contributed by atoms with Gasteiger partial charge in [0.2, 0.25) is 0 Å². The predicted octanol–water partition coefficient (Wildman–Crippen LogP) is 5.97. The molecule has 0 saturated carbocycles. The van der Waals surface area contributed by atoms with Gasteiger partial charge in [-0.3, -0.25) is 9.78 Å². The molecule has 7 heteroatoms. The summed E-state index contributed by atoms with van der Waals surface area (Å²) in [4.78, 5) is 34.3. The molecule has 2 aliphatic heterocycles. The number of allylic oxidation sites excluding steroid dienone is 5. The van der Waals surface area contributed by atoms with Crippen LogP contribution in [-0.2, 0) is 17.8 Å². The summed E-state index contributed by atoms with van der Waals surface area (Å²) in [6, 6.07) is 9.45. The summed E-state index contributed by atoms with van der Waals surface area (Å²) in [6.45, 7) is 7.70. The SMILES string of the molecule is CCCC(C)c1c2n(c3cc(C(=O)O)ccc13)C/C(C(=O)N1CCN(c3ccncc3)CC1)=C\C/C=C\C=C/C2. The molecule has 5 rings (SSSR count). The molecule has 0 radical (unpaired) electrons. The molecule has 1 unspecified atom stereocenters. The number of anilines is 1.